The summed E-state index contributed by atoms with van der Waals surface area (Å²) in [5, 5.41) is 55.1. The van der Waals surface area contributed by atoms with E-state index in [0.29, 0.717) is 12.8 Å². The Morgan fingerprint density at radius 1 is 0.368 bits per heavy atom. The molecule has 9 heteroatoms. The first kappa shape index (κ1) is 89.6. The van der Waals surface area contributed by atoms with Gasteiger partial charge in [-0.15, -0.1) is 0 Å². The van der Waals surface area contributed by atoms with Crippen molar-refractivity contribution in [1.82, 2.24) is 5.32 Å². The van der Waals surface area contributed by atoms with Crippen LogP contribution in [0, 0.1) is 0 Å². The van der Waals surface area contributed by atoms with Crippen LogP contribution in [0.5, 0.6) is 0 Å². The van der Waals surface area contributed by atoms with Crippen LogP contribution in [0.25, 0.3) is 0 Å². The predicted molar refractivity (Wildman–Crippen MR) is 410 cm³/mol. The Balaban J connectivity index is 2.10. The fraction of sp³-hybridized carbons (Fsp3) is 0.756. The summed E-state index contributed by atoms with van der Waals surface area (Å²) in [6, 6.07) is -0.731. The van der Waals surface area contributed by atoms with Gasteiger partial charge in [-0.05, 0) is 89.9 Å². The minimum atomic E-state index is -1.56. The molecule has 1 rings (SSSR count). The van der Waals surface area contributed by atoms with Crippen molar-refractivity contribution >= 4 is 5.91 Å². The molecule has 0 radical (unpaired) electrons. The van der Waals surface area contributed by atoms with E-state index >= 15 is 0 Å². The van der Waals surface area contributed by atoms with Gasteiger partial charge < -0.3 is 40.3 Å². The summed E-state index contributed by atoms with van der Waals surface area (Å²) in [5.41, 5.74) is 0. The molecule has 9 nitrogen and oxygen atoms in total. The maximum Gasteiger partial charge on any atom is 0.220 e. The fourth-order valence-electron chi connectivity index (χ4n) is 12.4. The molecule has 1 heterocycles. The predicted octanol–water partition coefficient (Wildman–Crippen LogP) is 23.3. The van der Waals surface area contributed by atoms with Crippen LogP contribution in [0.3, 0.4) is 0 Å². The zero-order valence-corrected chi connectivity index (χ0v) is 61.6. The lowest BCUT2D eigenvalue weighted by Gasteiger charge is -2.40. The molecule has 0 aromatic heterocycles. The molecule has 6 N–H and O–H groups in total. The smallest absolute Gasteiger partial charge is 0.220 e. The van der Waals surface area contributed by atoms with Crippen LogP contribution in [0.1, 0.15) is 361 Å². The normalized spacial score (nSPS) is 18.2. The van der Waals surface area contributed by atoms with Crippen LogP contribution in [-0.2, 0) is 14.3 Å². The number of rotatable bonds is 70. The number of amides is 1. The third-order valence-corrected chi connectivity index (χ3v) is 18.6. The zero-order chi connectivity index (χ0) is 68.5. The molecule has 1 fully saturated rings. The summed E-state index contributed by atoms with van der Waals surface area (Å²) >= 11 is 0. The third kappa shape index (κ3) is 61.4. The van der Waals surface area contributed by atoms with Crippen molar-refractivity contribution in [2.75, 3.05) is 13.2 Å². The number of aliphatic hydroxyl groups excluding tert-OH is 5. The number of unbranched alkanes of at least 4 members (excludes halogenated alkanes) is 40. The lowest BCUT2D eigenvalue weighted by molar-refractivity contribution is -0.302. The summed E-state index contributed by atoms with van der Waals surface area (Å²) in [5.74, 6) is -0.148. The largest absolute Gasteiger partial charge is 0.394 e. The molecule has 95 heavy (non-hydrogen) atoms. The molecule has 1 saturated heterocycles. The second-order valence-electron chi connectivity index (χ2n) is 27.5. The lowest BCUT2D eigenvalue weighted by atomic mass is 9.99. The second kappa shape index (κ2) is 73.3. The molecule has 0 aromatic rings. The van der Waals surface area contributed by atoms with E-state index in [1.165, 1.54) is 225 Å². The maximum absolute atomic E-state index is 13.2. The van der Waals surface area contributed by atoms with E-state index in [1.807, 2.05) is 0 Å². The summed E-state index contributed by atoms with van der Waals surface area (Å²) < 4.78 is 11.4. The number of carbonyl (C=O) groups excluding carboxylic acids is 1. The standard InChI is InChI=1S/C86H151NO8/c1-3-5-7-9-11-13-15-17-19-21-23-25-27-29-31-33-35-36-37-38-39-40-41-42-43-44-46-48-50-52-54-56-58-60-62-64-66-68-70-72-74-76-82(90)87-79(78-94-86-85(93)84(92)83(91)81(77-88)95-86)80(89)75-73-71-69-67-65-63-61-59-57-55-53-51-49-47-45-34-32-30-28-26-24-22-20-18-16-14-12-10-8-6-4-2/h5,7,11,13,17,19,23,25,29,31,35-36,38-39,41-42,44,46,50,52,79-81,83-86,88-89,91-93H,3-4,6,8-10,12,14-16,18,20-22,24,26-28,30,32-34,37,40,43,45,47-49,51,53-78H2,1-2H3,(H,87,90)/b7-5-,13-11-,19-17-,25-23-,31-29-,36-35-,39-38-,42-41-,46-44-,52-50-. The molecule has 0 aromatic carbocycles. The average molecular weight is 1330 g/mol. The number of hydrogen-bond donors (Lipinski definition) is 6. The Kier molecular flexibility index (Phi) is 69.1. The van der Waals surface area contributed by atoms with Crippen molar-refractivity contribution in [2.45, 2.75) is 403 Å². The van der Waals surface area contributed by atoms with Gasteiger partial charge in [0.05, 0.1) is 25.4 Å². The van der Waals surface area contributed by atoms with Gasteiger partial charge in [0.15, 0.2) is 6.29 Å². The van der Waals surface area contributed by atoms with E-state index < -0.39 is 49.5 Å². The van der Waals surface area contributed by atoms with E-state index in [2.05, 4.69) is 141 Å². The van der Waals surface area contributed by atoms with Crippen LogP contribution in [0.15, 0.2) is 122 Å². The van der Waals surface area contributed by atoms with E-state index in [1.54, 1.807) is 0 Å². The van der Waals surface area contributed by atoms with Gasteiger partial charge in [0.1, 0.15) is 24.4 Å². The topological polar surface area (TPSA) is 149 Å². The Morgan fingerprint density at radius 3 is 0.968 bits per heavy atom. The average Bonchev–Trinajstić information content (AvgIpc) is 0.836. The minimum absolute atomic E-state index is 0.144. The first-order valence-corrected chi connectivity index (χ1v) is 40.2. The lowest BCUT2D eigenvalue weighted by Crippen LogP contribution is -2.60. The minimum Gasteiger partial charge on any atom is -0.394 e. The van der Waals surface area contributed by atoms with E-state index in [9.17, 15) is 30.3 Å². The highest BCUT2D eigenvalue weighted by molar-refractivity contribution is 5.76. The first-order valence-electron chi connectivity index (χ1n) is 40.2. The van der Waals surface area contributed by atoms with Crippen molar-refractivity contribution in [1.29, 1.82) is 0 Å². The second-order valence-corrected chi connectivity index (χ2v) is 27.5. The van der Waals surface area contributed by atoms with Crippen LogP contribution in [0.2, 0.25) is 0 Å². The number of ether oxygens (including phenoxy) is 2. The summed E-state index contributed by atoms with van der Waals surface area (Å²) in [6.45, 7) is 3.76. The molecule has 0 saturated carbocycles. The SMILES string of the molecule is CC/C=C\C/C=C\C/C=C\C/C=C\C/C=C\C/C=C\C/C=C\C/C=C\C/C=C\C/C=C\CCCCCCCCCCCCC(=O)NC(COC1OC(CO)C(O)C(O)C1O)C(O)CCCCCCCCCCCCCCCCCCCCCCCCCCCCCCCCC. The van der Waals surface area contributed by atoms with Crippen LogP contribution < -0.4 is 5.32 Å². The van der Waals surface area contributed by atoms with Gasteiger partial charge in [0.2, 0.25) is 5.91 Å². The Morgan fingerprint density at radius 2 is 0.653 bits per heavy atom. The molecule has 0 bridgehead atoms. The van der Waals surface area contributed by atoms with Crippen molar-refractivity contribution in [3.8, 4) is 0 Å². The number of nitrogens with one attached hydrogen (secondary N) is 1. The number of aliphatic hydroxyl groups is 5. The Hall–Kier alpha value is -3.41. The van der Waals surface area contributed by atoms with Gasteiger partial charge in [0, 0.05) is 6.42 Å². The molecule has 7 atom stereocenters. The number of carbonyl (C=O) groups is 1. The Labute approximate surface area is 586 Å². The quantitative estimate of drug-likeness (QED) is 0.0261. The molecule has 0 aliphatic carbocycles. The first-order chi connectivity index (χ1) is 46.8. The molecule has 7 unspecified atom stereocenters. The highest BCUT2D eigenvalue weighted by Gasteiger charge is 2.44. The van der Waals surface area contributed by atoms with Crippen LogP contribution in [-0.4, -0.2) is 87.5 Å². The van der Waals surface area contributed by atoms with Crippen molar-refractivity contribution < 1.29 is 39.8 Å². The van der Waals surface area contributed by atoms with Gasteiger partial charge >= 0.3 is 0 Å². The fourth-order valence-corrected chi connectivity index (χ4v) is 12.4. The Bertz CT molecular complexity index is 1930. The highest BCUT2D eigenvalue weighted by Crippen LogP contribution is 2.24. The van der Waals surface area contributed by atoms with E-state index in [-0.39, 0.29) is 12.5 Å². The van der Waals surface area contributed by atoms with Crippen LogP contribution in [0.4, 0.5) is 0 Å². The molecule has 1 amide bonds. The van der Waals surface area contributed by atoms with Crippen molar-refractivity contribution in [2.24, 2.45) is 0 Å². The number of allylic oxidation sites excluding steroid dienone is 20. The molecule has 1 aliphatic heterocycles. The molecular formula is C86H151NO8. The van der Waals surface area contributed by atoms with Gasteiger partial charge in [-0.3, -0.25) is 4.79 Å². The third-order valence-electron chi connectivity index (χ3n) is 18.6. The zero-order valence-electron chi connectivity index (χ0n) is 61.6. The van der Waals surface area contributed by atoms with Gasteiger partial charge in [-0.1, -0.05) is 386 Å². The summed E-state index contributed by atoms with van der Waals surface area (Å²) in [7, 11) is 0. The monoisotopic (exact) mass is 1330 g/mol. The highest BCUT2D eigenvalue weighted by atomic mass is 16.7. The van der Waals surface area contributed by atoms with Gasteiger partial charge in [0.25, 0.3) is 0 Å². The van der Waals surface area contributed by atoms with E-state index in [4.69, 9.17) is 9.47 Å². The summed E-state index contributed by atoms with van der Waals surface area (Å²) in [4.78, 5) is 13.2. The molecular weight excluding hydrogens is 1170 g/mol. The molecule has 1 aliphatic rings. The number of hydrogen-bond acceptors (Lipinski definition) is 8. The van der Waals surface area contributed by atoms with Crippen molar-refractivity contribution in [3.05, 3.63) is 122 Å². The van der Waals surface area contributed by atoms with Gasteiger partial charge in [-0.25, -0.2) is 0 Å². The van der Waals surface area contributed by atoms with Crippen molar-refractivity contribution in [3.63, 3.8) is 0 Å². The van der Waals surface area contributed by atoms with Gasteiger partial charge in [-0.2, -0.15) is 0 Å². The van der Waals surface area contributed by atoms with E-state index in [0.717, 1.165) is 109 Å². The maximum atomic E-state index is 13.2. The molecule has 548 valence electrons. The molecule has 0 spiro atoms. The van der Waals surface area contributed by atoms with Crippen LogP contribution >= 0.6 is 0 Å². The summed E-state index contributed by atoms with van der Waals surface area (Å²) in [6.07, 6.45) is 103.